The Morgan fingerprint density at radius 1 is 1.32 bits per heavy atom. The Morgan fingerprint density at radius 3 is 2.96 bits per heavy atom. The van der Waals surface area contributed by atoms with Gasteiger partial charge in [0.15, 0.2) is 5.96 Å². The molecule has 138 valence electrons. The molecule has 0 saturated carbocycles. The number of hydrogen-bond donors (Lipinski definition) is 2. The van der Waals surface area contributed by atoms with Crippen molar-refractivity contribution in [3.8, 4) is 0 Å². The highest BCUT2D eigenvalue weighted by atomic mass is 127. The van der Waals surface area contributed by atoms with Crippen LogP contribution in [-0.2, 0) is 25.8 Å². The first kappa shape index (κ1) is 20.2. The molecule has 2 N–H and O–H groups in total. The Kier molecular flexibility index (Phi) is 8.74. The number of thiazole rings is 1. The van der Waals surface area contributed by atoms with Crippen molar-refractivity contribution in [2.75, 3.05) is 13.1 Å². The van der Waals surface area contributed by atoms with Crippen LogP contribution in [0.15, 0.2) is 27.8 Å². The lowest BCUT2D eigenvalue weighted by Gasteiger charge is -2.10. The average molecular weight is 474 g/mol. The summed E-state index contributed by atoms with van der Waals surface area (Å²) in [6.45, 7) is 4.38. The number of guanidine groups is 1. The van der Waals surface area contributed by atoms with Crippen molar-refractivity contribution in [2.24, 2.45) is 4.99 Å². The van der Waals surface area contributed by atoms with Gasteiger partial charge >= 0.3 is 0 Å². The molecule has 2 aromatic heterocycles. The van der Waals surface area contributed by atoms with Crippen LogP contribution in [0.1, 0.15) is 47.5 Å². The molecule has 0 aliphatic heterocycles. The van der Waals surface area contributed by atoms with Gasteiger partial charge in [0, 0.05) is 24.4 Å². The molecule has 2 aromatic rings. The monoisotopic (exact) mass is 474 g/mol. The number of furan rings is 1. The lowest BCUT2D eigenvalue weighted by atomic mass is 10.0. The zero-order valence-corrected chi connectivity index (χ0v) is 17.9. The number of aliphatic imine (C=N–C) groups is 1. The first-order valence-corrected chi connectivity index (χ1v) is 9.69. The first-order valence-electron chi connectivity index (χ1n) is 8.87. The molecule has 0 bridgehead atoms. The molecule has 0 spiro atoms. The van der Waals surface area contributed by atoms with Crippen molar-refractivity contribution in [3.05, 3.63) is 39.7 Å². The maximum atomic E-state index is 5.32. The summed E-state index contributed by atoms with van der Waals surface area (Å²) in [7, 11) is 0. The van der Waals surface area contributed by atoms with Crippen LogP contribution in [0.2, 0.25) is 0 Å². The van der Waals surface area contributed by atoms with Gasteiger partial charge in [0.05, 0.1) is 17.0 Å². The molecule has 0 fully saturated rings. The van der Waals surface area contributed by atoms with Crippen LogP contribution in [0, 0.1) is 0 Å². The van der Waals surface area contributed by atoms with Gasteiger partial charge in [-0.15, -0.1) is 35.3 Å². The Hall–Kier alpha value is -1.09. The highest BCUT2D eigenvalue weighted by Gasteiger charge is 2.14. The molecule has 1 aliphatic carbocycles. The summed E-state index contributed by atoms with van der Waals surface area (Å²) in [5.74, 6) is 1.72. The SMILES string of the molecule is CCNC(=NCc1ccco1)NCCCc1nc2c(s1)CCCC2.I. The molecule has 3 rings (SSSR count). The van der Waals surface area contributed by atoms with Crippen molar-refractivity contribution in [1.29, 1.82) is 0 Å². The Balaban J connectivity index is 0.00000225. The minimum Gasteiger partial charge on any atom is -0.467 e. The van der Waals surface area contributed by atoms with E-state index in [1.54, 1.807) is 6.26 Å². The van der Waals surface area contributed by atoms with E-state index in [0.717, 1.165) is 37.7 Å². The number of nitrogens with one attached hydrogen (secondary N) is 2. The fourth-order valence-corrected chi connectivity index (χ4v) is 4.06. The first-order chi connectivity index (χ1) is 11.8. The highest BCUT2D eigenvalue weighted by molar-refractivity contribution is 14.0. The van der Waals surface area contributed by atoms with Gasteiger partial charge in [-0.2, -0.15) is 0 Å². The van der Waals surface area contributed by atoms with Crippen LogP contribution in [0.25, 0.3) is 0 Å². The topological polar surface area (TPSA) is 62.5 Å². The summed E-state index contributed by atoms with van der Waals surface area (Å²) in [4.78, 5) is 10.9. The minimum absolute atomic E-state index is 0. The van der Waals surface area contributed by atoms with Gasteiger partial charge in [-0.3, -0.25) is 0 Å². The van der Waals surface area contributed by atoms with Crippen molar-refractivity contribution in [2.45, 2.75) is 52.0 Å². The predicted molar refractivity (Wildman–Crippen MR) is 114 cm³/mol. The van der Waals surface area contributed by atoms with Crippen molar-refractivity contribution >= 4 is 41.3 Å². The van der Waals surface area contributed by atoms with Gasteiger partial charge in [-0.25, -0.2) is 9.98 Å². The van der Waals surface area contributed by atoms with Crippen LogP contribution in [0.3, 0.4) is 0 Å². The minimum atomic E-state index is 0. The third kappa shape index (κ3) is 6.29. The molecule has 25 heavy (non-hydrogen) atoms. The number of halogens is 1. The quantitative estimate of drug-likeness (QED) is 0.277. The van der Waals surface area contributed by atoms with Gasteiger partial charge in [-0.05, 0) is 51.2 Å². The van der Waals surface area contributed by atoms with Crippen molar-refractivity contribution in [3.63, 3.8) is 0 Å². The number of aryl methyl sites for hydroxylation is 3. The molecule has 1 aliphatic rings. The molecule has 0 radical (unpaired) electrons. The third-order valence-corrected chi connectivity index (χ3v) is 5.28. The molecule has 0 amide bonds. The predicted octanol–water partition coefficient (Wildman–Crippen LogP) is 3.92. The summed E-state index contributed by atoms with van der Waals surface area (Å²) in [5.41, 5.74) is 1.36. The molecule has 7 heteroatoms. The van der Waals surface area contributed by atoms with E-state index in [9.17, 15) is 0 Å². The van der Waals surface area contributed by atoms with E-state index >= 15 is 0 Å². The summed E-state index contributed by atoms with van der Waals surface area (Å²) in [6, 6.07) is 3.83. The summed E-state index contributed by atoms with van der Waals surface area (Å²) in [5, 5.41) is 7.95. The fraction of sp³-hybridized carbons (Fsp3) is 0.556. The second kappa shape index (κ2) is 10.8. The summed E-state index contributed by atoms with van der Waals surface area (Å²) >= 11 is 1.92. The number of hydrogen-bond acceptors (Lipinski definition) is 4. The zero-order chi connectivity index (χ0) is 16.6. The standard InChI is InChI=1S/C18H26N4OS.HI/c1-2-19-18(21-13-14-7-6-12-23-14)20-11-5-10-17-22-15-8-3-4-9-16(15)24-17;/h6-7,12H,2-5,8-11,13H2,1H3,(H2,19,20,21);1H. The van der Waals surface area contributed by atoms with Gasteiger partial charge in [0.1, 0.15) is 12.3 Å². The van der Waals surface area contributed by atoms with Gasteiger partial charge in [0.2, 0.25) is 0 Å². The number of nitrogens with zero attached hydrogens (tertiary/aromatic N) is 2. The summed E-state index contributed by atoms with van der Waals surface area (Å²) < 4.78 is 5.32. The van der Waals surface area contributed by atoms with E-state index in [-0.39, 0.29) is 24.0 Å². The molecule has 0 saturated heterocycles. The Bertz CT molecular complexity index is 631. The van der Waals surface area contributed by atoms with Crippen molar-refractivity contribution < 1.29 is 4.42 Å². The number of aromatic nitrogens is 1. The lowest BCUT2D eigenvalue weighted by molar-refractivity contribution is 0.512. The fourth-order valence-electron chi connectivity index (χ4n) is 2.86. The van der Waals surface area contributed by atoms with Gasteiger partial charge < -0.3 is 15.1 Å². The average Bonchev–Trinajstić information content (AvgIpc) is 3.25. The van der Waals surface area contributed by atoms with Crippen LogP contribution >= 0.6 is 35.3 Å². The molecule has 0 aromatic carbocycles. The van der Waals surface area contributed by atoms with E-state index in [0.29, 0.717) is 6.54 Å². The Labute approximate surface area is 170 Å². The van der Waals surface area contributed by atoms with Crippen LogP contribution in [-0.4, -0.2) is 24.0 Å². The van der Waals surface area contributed by atoms with Gasteiger partial charge in [-0.1, -0.05) is 0 Å². The smallest absolute Gasteiger partial charge is 0.191 e. The second-order valence-corrected chi connectivity index (χ2v) is 7.16. The van der Waals surface area contributed by atoms with Crippen molar-refractivity contribution in [1.82, 2.24) is 15.6 Å². The summed E-state index contributed by atoms with van der Waals surface area (Å²) in [6.07, 6.45) is 8.83. The molecule has 0 atom stereocenters. The van der Waals surface area contributed by atoms with E-state index in [4.69, 9.17) is 9.40 Å². The van der Waals surface area contributed by atoms with E-state index in [2.05, 4.69) is 22.5 Å². The van der Waals surface area contributed by atoms with E-state index in [1.165, 1.54) is 41.3 Å². The van der Waals surface area contributed by atoms with Crippen LogP contribution < -0.4 is 10.6 Å². The second-order valence-electron chi connectivity index (χ2n) is 5.99. The Morgan fingerprint density at radius 2 is 2.20 bits per heavy atom. The maximum absolute atomic E-state index is 5.32. The zero-order valence-electron chi connectivity index (χ0n) is 14.7. The third-order valence-electron chi connectivity index (χ3n) is 4.07. The molecule has 5 nitrogen and oxygen atoms in total. The van der Waals surface area contributed by atoms with Gasteiger partial charge in [0.25, 0.3) is 0 Å². The maximum Gasteiger partial charge on any atom is 0.191 e. The van der Waals surface area contributed by atoms with Crippen LogP contribution in [0.4, 0.5) is 0 Å². The molecule has 0 unspecified atom stereocenters. The van der Waals surface area contributed by atoms with Crippen LogP contribution in [0.5, 0.6) is 0 Å². The largest absolute Gasteiger partial charge is 0.467 e. The van der Waals surface area contributed by atoms with E-state index < -0.39 is 0 Å². The molecular formula is C18H27IN4OS. The number of fused-ring (bicyclic) bond motifs is 1. The molecule has 2 heterocycles. The number of rotatable bonds is 7. The van der Waals surface area contributed by atoms with E-state index in [1.807, 2.05) is 23.5 Å². The normalized spacial score (nSPS) is 13.9. The highest BCUT2D eigenvalue weighted by Crippen LogP contribution is 2.27. The lowest BCUT2D eigenvalue weighted by Crippen LogP contribution is -2.37. The molecular weight excluding hydrogens is 447 g/mol.